The van der Waals surface area contributed by atoms with Gasteiger partial charge in [0.25, 0.3) is 0 Å². The zero-order valence-electron chi connectivity index (χ0n) is 17.6. The Balaban J connectivity index is 1.48. The van der Waals surface area contributed by atoms with Crippen LogP contribution < -0.4 is 4.90 Å². The van der Waals surface area contributed by atoms with Crippen LogP contribution in [-0.4, -0.2) is 50.8 Å². The maximum Gasteiger partial charge on any atom is 0.230 e. The number of hydrogen-bond acceptors (Lipinski definition) is 6. The first-order chi connectivity index (χ1) is 15.5. The molecule has 2 aromatic carbocycles. The molecule has 32 heavy (non-hydrogen) atoms. The van der Waals surface area contributed by atoms with E-state index in [4.69, 9.17) is 23.2 Å². The molecule has 0 spiro atoms. The van der Waals surface area contributed by atoms with E-state index in [2.05, 4.69) is 32.0 Å². The van der Waals surface area contributed by atoms with Gasteiger partial charge in [0.15, 0.2) is 5.82 Å². The Morgan fingerprint density at radius 1 is 1.03 bits per heavy atom. The van der Waals surface area contributed by atoms with E-state index in [1.54, 1.807) is 4.52 Å². The van der Waals surface area contributed by atoms with E-state index in [-0.39, 0.29) is 11.9 Å². The molecule has 1 N–H and O–H groups in total. The lowest BCUT2D eigenvalue weighted by Gasteiger charge is -2.40. The van der Waals surface area contributed by atoms with Gasteiger partial charge in [0.05, 0.1) is 10.9 Å². The second kappa shape index (κ2) is 8.90. The fourth-order valence-electron chi connectivity index (χ4n) is 4.23. The molecule has 1 aliphatic heterocycles. The van der Waals surface area contributed by atoms with E-state index < -0.39 is 0 Å². The predicted molar refractivity (Wildman–Crippen MR) is 130 cm³/mol. The first-order valence-electron chi connectivity index (χ1n) is 10.6. The average molecular weight is 488 g/mol. The van der Waals surface area contributed by atoms with Crippen LogP contribution in [0.15, 0.2) is 48.5 Å². The van der Waals surface area contributed by atoms with Crippen molar-refractivity contribution in [1.29, 1.82) is 0 Å². The summed E-state index contributed by atoms with van der Waals surface area (Å²) in [6.45, 7) is 5.39. The number of aromatic nitrogens is 3. The summed E-state index contributed by atoms with van der Waals surface area (Å²) in [5, 5.41) is 16.9. The lowest BCUT2D eigenvalue weighted by atomic mass is 10.0. The van der Waals surface area contributed by atoms with Crippen LogP contribution >= 0.6 is 34.5 Å². The van der Waals surface area contributed by atoms with Crippen LogP contribution in [0.2, 0.25) is 10.0 Å². The highest BCUT2D eigenvalue weighted by atomic mass is 35.5. The van der Waals surface area contributed by atoms with Gasteiger partial charge in [0.1, 0.15) is 0 Å². The molecule has 2 aromatic heterocycles. The normalized spacial score (nSPS) is 16.0. The lowest BCUT2D eigenvalue weighted by molar-refractivity contribution is 0.211. The summed E-state index contributed by atoms with van der Waals surface area (Å²) < 4.78 is 1.55. The number of aryl methyl sites for hydroxylation is 1. The second-order valence-electron chi connectivity index (χ2n) is 7.83. The molecule has 1 unspecified atom stereocenters. The minimum atomic E-state index is -0.131. The van der Waals surface area contributed by atoms with E-state index in [0.717, 1.165) is 59.6 Å². The molecule has 6 nitrogen and oxygen atoms in total. The molecular formula is C23H23Cl2N5OS. The molecule has 166 valence electrons. The number of anilines is 1. The molecular weight excluding hydrogens is 465 g/mol. The van der Waals surface area contributed by atoms with Crippen LogP contribution in [0.1, 0.15) is 29.2 Å². The van der Waals surface area contributed by atoms with Gasteiger partial charge in [-0.3, -0.25) is 4.90 Å². The molecule has 1 saturated heterocycles. The van der Waals surface area contributed by atoms with Gasteiger partial charge in [-0.2, -0.15) is 4.52 Å². The van der Waals surface area contributed by atoms with E-state index in [1.807, 2.05) is 43.3 Å². The van der Waals surface area contributed by atoms with Crippen molar-refractivity contribution in [2.75, 3.05) is 31.1 Å². The van der Waals surface area contributed by atoms with Crippen molar-refractivity contribution in [3.63, 3.8) is 0 Å². The summed E-state index contributed by atoms with van der Waals surface area (Å²) in [4.78, 5) is 10.8. The van der Waals surface area contributed by atoms with E-state index in [1.165, 1.54) is 11.3 Å². The Hall–Kier alpha value is -2.32. The number of aromatic hydroxyl groups is 1. The standard InChI is InChI=1S/C23H23Cl2N5OS/c1-2-19-26-23-30(27-19)22(31)21(32-23)20(15-5-3-6-16(24)13-15)29-11-9-28(10-12-29)18-8-4-7-17(25)14-18/h3-8,13-14,20,31H,2,9-12H2,1H3. The zero-order valence-corrected chi connectivity index (χ0v) is 19.9. The first kappa shape index (κ1) is 21.5. The number of fused-ring (bicyclic) bond motifs is 1. The Bertz CT molecular complexity index is 1250. The fourth-order valence-corrected chi connectivity index (χ4v) is 5.75. The molecule has 0 radical (unpaired) electrons. The third kappa shape index (κ3) is 4.06. The van der Waals surface area contributed by atoms with Crippen LogP contribution in [-0.2, 0) is 6.42 Å². The third-order valence-corrected chi connectivity index (χ3v) is 7.37. The van der Waals surface area contributed by atoms with Gasteiger partial charge in [0, 0.05) is 48.3 Å². The molecule has 0 saturated carbocycles. The fraction of sp³-hybridized carbons (Fsp3) is 0.304. The van der Waals surface area contributed by atoms with Crippen molar-refractivity contribution in [1.82, 2.24) is 19.5 Å². The van der Waals surface area contributed by atoms with Gasteiger partial charge in [-0.15, -0.1) is 5.10 Å². The van der Waals surface area contributed by atoms with Crippen molar-refractivity contribution >= 4 is 45.2 Å². The Kier molecular flexibility index (Phi) is 5.99. The monoisotopic (exact) mass is 487 g/mol. The number of hydrogen-bond donors (Lipinski definition) is 1. The summed E-state index contributed by atoms with van der Waals surface area (Å²) in [6, 6.07) is 15.7. The minimum Gasteiger partial charge on any atom is -0.492 e. The molecule has 9 heteroatoms. The van der Waals surface area contributed by atoms with E-state index in [9.17, 15) is 5.11 Å². The van der Waals surface area contributed by atoms with E-state index in [0.29, 0.717) is 9.98 Å². The zero-order chi connectivity index (χ0) is 22.2. The van der Waals surface area contributed by atoms with Crippen LogP contribution in [0.5, 0.6) is 5.88 Å². The molecule has 0 amide bonds. The third-order valence-electron chi connectivity index (χ3n) is 5.83. The summed E-state index contributed by atoms with van der Waals surface area (Å²) in [5.41, 5.74) is 2.18. The van der Waals surface area contributed by atoms with Crippen LogP contribution in [0.4, 0.5) is 5.69 Å². The SMILES string of the molecule is CCc1nc2sc(C(c3cccc(Cl)c3)N3CCN(c4cccc(Cl)c4)CC3)c(O)n2n1. The number of thiazole rings is 1. The van der Waals surface area contributed by atoms with Crippen molar-refractivity contribution < 1.29 is 5.11 Å². The maximum atomic E-state index is 11.1. The highest BCUT2D eigenvalue weighted by Gasteiger charge is 2.32. The van der Waals surface area contributed by atoms with Crippen molar-refractivity contribution in [3.05, 3.63) is 74.8 Å². The number of halogens is 2. The summed E-state index contributed by atoms with van der Waals surface area (Å²) in [5.74, 6) is 0.881. The summed E-state index contributed by atoms with van der Waals surface area (Å²) >= 11 is 14.0. The molecule has 4 aromatic rings. The highest BCUT2D eigenvalue weighted by molar-refractivity contribution is 7.17. The molecule has 1 fully saturated rings. The molecule has 3 heterocycles. The number of piperazine rings is 1. The van der Waals surface area contributed by atoms with Gasteiger partial charge in [-0.05, 0) is 35.9 Å². The van der Waals surface area contributed by atoms with Crippen LogP contribution in [0, 0.1) is 0 Å². The highest BCUT2D eigenvalue weighted by Crippen LogP contribution is 2.41. The molecule has 5 rings (SSSR count). The second-order valence-corrected chi connectivity index (χ2v) is 9.71. The van der Waals surface area contributed by atoms with Crippen LogP contribution in [0.3, 0.4) is 0 Å². The molecule has 1 aliphatic rings. The first-order valence-corrected chi connectivity index (χ1v) is 12.2. The number of benzene rings is 2. The van der Waals surface area contributed by atoms with E-state index >= 15 is 0 Å². The Morgan fingerprint density at radius 2 is 1.75 bits per heavy atom. The van der Waals surface area contributed by atoms with Gasteiger partial charge in [0.2, 0.25) is 10.8 Å². The smallest absolute Gasteiger partial charge is 0.230 e. The van der Waals surface area contributed by atoms with Gasteiger partial charge >= 0.3 is 0 Å². The largest absolute Gasteiger partial charge is 0.492 e. The van der Waals surface area contributed by atoms with Crippen molar-refractivity contribution in [2.45, 2.75) is 19.4 Å². The number of rotatable bonds is 5. The molecule has 1 atom stereocenters. The minimum absolute atomic E-state index is 0.131. The summed E-state index contributed by atoms with van der Waals surface area (Å²) in [6.07, 6.45) is 0.729. The Labute approximate surface area is 200 Å². The Morgan fingerprint density at radius 3 is 2.41 bits per heavy atom. The van der Waals surface area contributed by atoms with Gasteiger partial charge in [-0.25, -0.2) is 4.98 Å². The average Bonchev–Trinajstić information content (AvgIpc) is 3.34. The lowest BCUT2D eigenvalue weighted by Crippen LogP contribution is -2.47. The maximum absolute atomic E-state index is 11.1. The molecule has 0 aliphatic carbocycles. The van der Waals surface area contributed by atoms with Crippen molar-refractivity contribution in [2.24, 2.45) is 0 Å². The quantitative estimate of drug-likeness (QED) is 0.415. The number of nitrogens with zero attached hydrogens (tertiary/aromatic N) is 5. The topological polar surface area (TPSA) is 56.9 Å². The van der Waals surface area contributed by atoms with Crippen molar-refractivity contribution in [3.8, 4) is 5.88 Å². The van der Waals surface area contributed by atoms with Gasteiger partial charge in [-0.1, -0.05) is 59.7 Å². The van der Waals surface area contributed by atoms with Crippen LogP contribution in [0.25, 0.3) is 4.96 Å². The predicted octanol–water partition coefficient (Wildman–Crippen LogP) is 5.28. The summed E-state index contributed by atoms with van der Waals surface area (Å²) in [7, 11) is 0. The van der Waals surface area contributed by atoms with Gasteiger partial charge < -0.3 is 10.0 Å². The molecule has 0 bridgehead atoms.